The van der Waals surface area contributed by atoms with Gasteiger partial charge in [-0.3, -0.25) is 4.98 Å². The van der Waals surface area contributed by atoms with E-state index in [0.717, 1.165) is 5.57 Å². The van der Waals surface area contributed by atoms with Crippen molar-refractivity contribution in [1.82, 2.24) is 4.98 Å². The summed E-state index contributed by atoms with van der Waals surface area (Å²) in [5.74, 6) is -0.334. The van der Waals surface area contributed by atoms with Crippen LogP contribution in [0.25, 0.3) is 5.57 Å². The van der Waals surface area contributed by atoms with Crippen molar-refractivity contribution in [2.75, 3.05) is 6.54 Å². The SMILES string of the molecule is C=C(CCN)c1ccc(F)cn1. The van der Waals surface area contributed by atoms with Gasteiger partial charge in [0.1, 0.15) is 5.82 Å². The number of nitrogens with zero attached hydrogens (tertiary/aromatic N) is 1. The number of hydrogen-bond acceptors (Lipinski definition) is 2. The number of halogens is 1. The van der Waals surface area contributed by atoms with E-state index >= 15 is 0 Å². The minimum Gasteiger partial charge on any atom is -0.330 e. The predicted molar refractivity (Wildman–Crippen MR) is 46.9 cm³/mol. The molecule has 12 heavy (non-hydrogen) atoms. The highest BCUT2D eigenvalue weighted by Gasteiger charge is 1.98. The van der Waals surface area contributed by atoms with Gasteiger partial charge >= 0.3 is 0 Å². The molecule has 2 nitrogen and oxygen atoms in total. The molecule has 1 aromatic rings. The van der Waals surface area contributed by atoms with Crippen molar-refractivity contribution in [3.8, 4) is 0 Å². The zero-order valence-corrected chi connectivity index (χ0v) is 6.76. The van der Waals surface area contributed by atoms with Crippen LogP contribution in [0.1, 0.15) is 12.1 Å². The van der Waals surface area contributed by atoms with Gasteiger partial charge in [-0.1, -0.05) is 6.58 Å². The van der Waals surface area contributed by atoms with Gasteiger partial charge in [-0.15, -0.1) is 0 Å². The Hall–Kier alpha value is -1.22. The van der Waals surface area contributed by atoms with Crippen molar-refractivity contribution in [2.24, 2.45) is 5.73 Å². The molecule has 0 amide bonds. The molecule has 0 radical (unpaired) electrons. The maximum atomic E-state index is 12.4. The molecule has 0 aliphatic carbocycles. The Balaban J connectivity index is 2.75. The highest BCUT2D eigenvalue weighted by Crippen LogP contribution is 2.11. The van der Waals surface area contributed by atoms with Crippen LogP contribution in [0.3, 0.4) is 0 Å². The molecule has 0 spiro atoms. The molecule has 0 saturated carbocycles. The lowest BCUT2D eigenvalue weighted by Crippen LogP contribution is -2.00. The number of hydrogen-bond donors (Lipinski definition) is 1. The molecule has 1 rings (SSSR count). The largest absolute Gasteiger partial charge is 0.330 e. The van der Waals surface area contributed by atoms with Crippen molar-refractivity contribution in [3.63, 3.8) is 0 Å². The van der Waals surface area contributed by atoms with E-state index in [2.05, 4.69) is 11.6 Å². The summed E-state index contributed by atoms with van der Waals surface area (Å²) in [6, 6.07) is 2.97. The van der Waals surface area contributed by atoms with Gasteiger partial charge in [0.25, 0.3) is 0 Å². The van der Waals surface area contributed by atoms with Crippen LogP contribution in [-0.4, -0.2) is 11.5 Å². The van der Waals surface area contributed by atoms with Crippen LogP contribution >= 0.6 is 0 Å². The number of rotatable bonds is 3. The van der Waals surface area contributed by atoms with E-state index in [1.165, 1.54) is 12.3 Å². The lowest BCUT2D eigenvalue weighted by Gasteiger charge is -2.01. The van der Waals surface area contributed by atoms with Crippen LogP contribution in [-0.2, 0) is 0 Å². The van der Waals surface area contributed by atoms with Crippen molar-refractivity contribution in [2.45, 2.75) is 6.42 Å². The highest BCUT2D eigenvalue weighted by molar-refractivity contribution is 5.59. The van der Waals surface area contributed by atoms with E-state index < -0.39 is 0 Å². The molecule has 0 aliphatic rings. The molecule has 2 N–H and O–H groups in total. The summed E-state index contributed by atoms with van der Waals surface area (Å²) in [5.41, 5.74) is 6.89. The Morgan fingerprint density at radius 1 is 1.58 bits per heavy atom. The molecule has 64 valence electrons. The lowest BCUT2D eigenvalue weighted by molar-refractivity contribution is 0.621. The van der Waals surface area contributed by atoms with Crippen molar-refractivity contribution >= 4 is 5.57 Å². The fraction of sp³-hybridized carbons (Fsp3) is 0.222. The molecule has 3 heteroatoms. The summed E-state index contributed by atoms with van der Waals surface area (Å²) in [7, 11) is 0. The molecule has 0 saturated heterocycles. The average Bonchev–Trinajstić information content (AvgIpc) is 2.06. The first kappa shape index (κ1) is 8.87. The fourth-order valence-corrected chi connectivity index (χ4v) is 0.887. The summed E-state index contributed by atoms with van der Waals surface area (Å²) in [4.78, 5) is 3.87. The Labute approximate surface area is 70.9 Å². The van der Waals surface area contributed by atoms with Crippen molar-refractivity contribution in [1.29, 1.82) is 0 Å². The third-order valence-corrected chi connectivity index (χ3v) is 1.54. The van der Waals surface area contributed by atoms with E-state index in [1.807, 2.05) is 0 Å². The number of pyridine rings is 1. The van der Waals surface area contributed by atoms with Crippen LogP contribution in [0, 0.1) is 5.82 Å². The van der Waals surface area contributed by atoms with Crippen LogP contribution in [0.2, 0.25) is 0 Å². The summed E-state index contributed by atoms with van der Waals surface area (Å²) in [5, 5.41) is 0. The molecular formula is C9H11FN2. The third-order valence-electron chi connectivity index (χ3n) is 1.54. The third kappa shape index (κ3) is 2.13. The van der Waals surface area contributed by atoms with Crippen LogP contribution in [0.5, 0.6) is 0 Å². The summed E-state index contributed by atoms with van der Waals surface area (Å²) in [6.07, 6.45) is 1.87. The predicted octanol–water partition coefficient (Wildman–Crippen LogP) is 1.58. The van der Waals surface area contributed by atoms with E-state index in [0.29, 0.717) is 18.7 Å². The smallest absolute Gasteiger partial charge is 0.141 e. The Morgan fingerprint density at radius 2 is 2.33 bits per heavy atom. The Kier molecular flexibility index (Phi) is 2.94. The Morgan fingerprint density at radius 3 is 2.83 bits per heavy atom. The normalized spacial score (nSPS) is 9.83. The average molecular weight is 166 g/mol. The first-order valence-corrected chi connectivity index (χ1v) is 3.74. The second-order valence-electron chi connectivity index (χ2n) is 2.50. The first-order chi connectivity index (χ1) is 5.74. The molecule has 1 aromatic heterocycles. The van der Waals surface area contributed by atoms with Crippen LogP contribution in [0.4, 0.5) is 4.39 Å². The van der Waals surface area contributed by atoms with Crippen LogP contribution < -0.4 is 5.73 Å². The van der Waals surface area contributed by atoms with Gasteiger partial charge in [0, 0.05) is 0 Å². The second-order valence-corrected chi connectivity index (χ2v) is 2.50. The maximum Gasteiger partial charge on any atom is 0.141 e. The number of nitrogens with two attached hydrogens (primary N) is 1. The Bertz CT molecular complexity index is 266. The van der Waals surface area contributed by atoms with Crippen molar-refractivity contribution < 1.29 is 4.39 Å². The first-order valence-electron chi connectivity index (χ1n) is 3.74. The molecule has 0 atom stereocenters. The second kappa shape index (κ2) is 3.97. The van der Waals surface area contributed by atoms with Gasteiger partial charge in [-0.05, 0) is 30.7 Å². The minimum atomic E-state index is -0.334. The van der Waals surface area contributed by atoms with E-state index in [4.69, 9.17) is 5.73 Å². The topological polar surface area (TPSA) is 38.9 Å². The molecular weight excluding hydrogens is 155 g/mol. The minimum absolute atomic E-state index is 0.334. The maximum absolute atomic E-state index is 12.4. The van der Waals surface area contributed by atoms with Gasteiger partial charge in [0.2, 0.25) is 0 Å². The van der Waals surface area contributed by atoms with Gasteiger partial charge in [0.05, 0.1) is 11.9 Å². The molecule has 0 aromatic carbocycles. The number of aromatic nitrogens is 1. The molecule has 0 bridgehead atoms. The van der Waals surface area contributed by atoms with Gasteiger partial charge < -0.3 is 5.73 Å². The molecule has 1 heterocycles. The van der Waals surface area contributed by atoms with Crippen LogP contribution in [0.15, 0.2) is 24.9 Å². The highest BCUT2D eigenvalue weighted by atomic mass is 19.1. The van der Waals surface area contributed by atoms with Gasteiger partial charge in [-0.25, -0.2) is 4.39 Å². The van der Waals surface area contributed by atoms with E-state index in [1.54, 1.807) is 6.07 Å². The zero-order valence-electron chi connectivity index (χ0n) is 6.76. The molecule has 0 unspecified atom stereocenters. The lowest BCUT2D eigenvalue weighted by atomic mass is 10.1. The van der Waals surface area contributed by atoms with Gasteiger partial charge in [-0.2, -0.15) is 0 Å². The summed E-state index contributed by atoms with van der Waals surface area (Å²) >= 11 is 0. The quantitative estimate of drug-likeness (QED) is 0.740. The fourth-order valence-electron chi connectivity index (χ4n) is 0.887. The summed E-state index contributed by atoms with van der Waals surface area (Å²) in [6.45, 7) is 4.32. The molecule has 0 fully saturated rings. The molecule has 0 aliphatic heterocycles. The summed E-state index contributed by atoms with van der Waals surface area (Å²) < 4.78 is 12.4. The van der Waals surface area contributed by atoms with Crippen molar-refractivity contribution in [3.05, 3.63) is 36.4 Å². The van der Waals surface area contributed by atoms with Gasteiger partial charge in [0.15, 0.2) is 0 Å². The monoisotopic (exact) mass is 166 g/mol. The van der Waals surface area contributed by atoms with E-state index in [9.17, 15) is 4.39 Å². The van der Waals surface area contributed by atoms with E-state index in [-0.39, 0.29) is 5.82 Å². The zero-order chi connectivity index (χ0) is 8.97. The standard InChI is InChI=1S/C9H11FN2/c1-7(4-5-11)9-3-2-8(10)6-12-9/h2-3,6H,1,4-5,11H2.